The number of unbranched alkanes of at least 4 members (excludes halogenated alkanes) is 1. The number of hydrogen-bond acceptors (Lipinski definition) is 4. The maximum atomic E-state index is 12.6. The monoisotopic (exact) mass is 301 g/mol. The van der Waals surface area contributed by atoms with Crippen LogP contribution in [-0.2, 0) is 10.3 Å². The van der Waals surface area contributed by atoms with E-state index < -0.39 is 11.6 Å². The van der Waals surface area contributed by atoms with Crippen molar-refractivity contribution in [3.63, 3.8) is 0 Å². The SMILES string of the molecule is COc1ccc(C2(C)NC(=O)N(CCCC#N)C2=O)cc1C. The molecule has 0 spiro atoms. The Morgan fingerprint density at radius 3 is 2.73 bits per heavy atom. The van der Waals surface area contributed by atoms with Crippen LogP contribution in [0.1, 0.15) is 30.9 Å². The highest BCUT2D eigenvalue weighted by Crippen LogP contribution is 2.31. The summed E-state index contributed by atoms with van der Waals surface area (Å²) in [5, 5.41) is 11.3. The first-order valence-electron chi connectivity index (χ1n) is 7.10. The molecule has 22 heavy (non-hydrogen) atoms. The van der Waals surface area contributed by atoms with Crippen LogP contribution in [0.15, 0.2) is 18.2 Å². The number of ether oxygens (including phenoxy) is 1. The maximum absolute atomic E-state index is 12.6. The molecule has 116 valence electrons. The van der Waals surface area contributed by atoms with Crippen molar-refractivity contribution in [2.24, 2.45) is 0 Å². The number of rotatable bonds is 5. The average molecular weight is 301 g/mol. The number of nitrogens with one attached hydrogen (secondary N) is 1. The van der Waals surface area contributed by atoms with Gasteiger partial charge >= 0.3 is 6.03 Å². The van der Waals surface area contributed by atoms with Gasteiger partial charge in [0.15, 0.2) is 0 Å². The van der Waals surface area contributed by atoms with Gasteiger partial charge in [-0.25, -0.2) is 4.79 Å². The molecule has 0 bridgehead atoms. The highest BCUT2D eigenvalue weighted by atomic mass is 16.5. The Labute approximate surface area is 129 Å². The van der Waals surface area contributed by atoms with E-state index in [-0.39, 0.29) is 12.5 Å². The number of carbonyl (C=O) groups is 2. The van der Waals surface area contributed by atoms with Gasteiger partial charge in [-0.3, -0.25) is 9.69 Å². The molecular formula is C16H19N3O3. The summed E-state index contributed by atoms with van der Waals surface area (Å²) < 4.78 is 5.22. The van der Waals surface area contributed by atoms with E-state index in [0.29, 0.717) is 18.4 Å². The van der Waals surface area contributed by atoms with Gasteiger partial charge in [0, 0.05) is 13.0 Å². The fraction of sp³-hybridized carbons (Fsp3) is 0.438. The van der Waals surface area contributed by atoms with E-state index >= 15 is 0 Å². The summed E-state index contributed by atoms with van der Waals surface area (Å²) in [4.78, 5) is 25.9. The molecule has 1 saturated heterocycles. The fourth-order valence-electron chi connectivity index (χ4n) is 2.60. The van der Waals surface area contributed by atoms with Gasteiger partial charge in [-0.2, -0.15) is 5.26 Å². The number of carbonyl (C=O) groups excluding carboxylic acids is 2. The van der Waals surface area contributed by atoms with Crippen LogP contribution in [0.4, 0.5) is 4.79 Å². The van der Waals surface area contributed by atoms with Gasteiger partial charge in [0.1, 0.15) is 11.3 Å². The van der Waals surface area contributed by atoms with Gasteiger partial charge in [0.05, 0.1) is 13.2 Å². The summed E-state index contributed by atoms with van der Waals surface area (Å²) in [5.74, 6) is 0.440. The van der Waals surface area contributed by atoms with Gasteiger partial charge in [0.25, 0.3) is 5.91 Å². The van der Waals surface area contributed by atoms with E-state index in [9.17, 15) is 9.59 Å². The van der Waals surface area contributed by atoms with E-state index in [4.69, 9.17) is 10.00 Å². The summed E-state index contributed by atoms with van der Waals surface area (Å²) in [6.07, 6.45) is 0.794. The molecule has 1 unspecified atom stereocenters. The molecule has 1 aromatic rings. The number of imide groups is 1. The normalized spacial score (nSPS) is 20.7. The van der Waals surface area contributed by atoms with Gasteiger partial charge in [0.2, 0.25) is 0 Å². The Bertz CT molecular complexity index is 651. The largest absolute Gasteiger partial charge is 0.496 e. The second kappa shape index (κ2) is 6.06. The maximum Gasteiger partial charge on any atom is 0.325 e. The lowest BCUT2D eigenvalue weighted by molar-refractivity contribution is -0.131. The lowest BCUT2D eigenvalue weighted by atomic mass is 9.90. The lowest BCUT2D eigenvalue weighted by Gasteiger charge is -2.23. The summed E-state index contributed by atoms with van der Waals surface area (Å²) >= 11 is 0. The molecule has 0 aliphatic carbocycles. The predicted molar refractivity (Wildman–Crippen MR) is 80.2 cm³/mol. The molecule has 1 aliphatic heterocycles. The molecule has 1 N–H and O–H groups in total. The first-order valence-corrected chi connectivity index (χ1v) is 7.10. The minimum absolute atomic E-state index is 0.253. The number of aryl methyl sites for hydroxylation is 1. The van der Waals surface area contributed by atoms with Gasteiger partial charge in [-0.1, -0.05) is 6.07 Å². The summed E-state index contributed by atoms with van der Waals surface area (Å²) in [5.41, 5.74) is 0.527. The van der Waals surface area contributed by atoms with Crippen molar-refractivity contribution in [1.29, 1.82) is 5.26 Å². The molecule has 0 saturated carbocycles. The first-order chi connectivity index (χ1) is 10.4. The van der Waals surface area contributed by atoms with Crippen molar-refractivity contribution in [2.75, 3.05) is 13.7 Å². The van der Waals surface area contributed by atoms with Crippen molar-refractivity contribution in [1.82, 2.24) is 10.2 Å². The van der Waals surface area contributed by atoms with Crippen LogP contribution in [0.3, 0.4) is 0 Å². The summed E-state index contributed by atoms with van der Waals surface area (Å²) in [6, 6.07) is 7.00. The molecule has 0 aromatic heterocycles. The zero-order chi connectivity index (χ0) is 16.3. The molecule has 6 heteroatoms. The Balaban J connectivity index is 2.27. The number of nitriles is 1. The van der Waals surface area contributed by atoms with Crippen molar-refractivity contribution in [2.45, 2.75) is 32.2 Å². The third kappa shape index (κ3) is 2.62. The van der Waals surface area contributed by atoms with E-state index in [0.717, 1.165) is 11.3 Å². The molecule has 2 rings (SSSR count). The van der Waals surface area contributed by atoms with E-state index in [2.05, 4.69) is 5.32 Å². The van der Waals surface area contributed by atoms with Crippen LogP contribution in [0, 0.1) is 18.3 Å². The molecule has 6 nitrogen and oxygen atoms in total. The van der Waals surface area contributed by atoms with Crippen LogP contribution >= 0.6 is 0 Å². The van der Waals surface area contributed by atoms with Crippen molar-refractivity contribution < 1.29 is 14.3 Å². The molecule has 1 aromatic carbocycles. The topological polar surface area (TPSA) is 82.4 Å². The quantitative estimate of drug-likeness (QED) is 0.666. The Morgan fingerprint density at radius 1 is 1.41 bits per heavy atom. The van der Waals surface area contributed by atoms with Crippen molar-refractivity contribution >= 4 is 11.9 Å². The minimum atomic E-state index is -1.08. The van der Waals surface area contributed by atoms with E-state index in [1.54, 1.807) is 26.2 Å². The van der Waals surface area contributed by atoms with Gasteiger partial charge in [-0.15, -0.1) is 0 Å². The number of nitrogens with zero attached hydrogens (tertiary/aromatic N) is 2. The first kappa shape index (κ1) is 15.8. The highest BCUT2D eigenvalue weighted by molar-refractivity contribution is 6.07. The van der Waals surface area contributed by atoms with Crippen LogP contribution < -0.4 is 10.1 Å². The minimum Gasteiger partial charge on any atom is -0.496 e. The molecule has 1 aliphatic rings. The van der Waals surface area contributed by atoms with E-state index in [1.807, 2.05) is 19.1 Å². The van der Waals surface area contributed by atoms with Crippen molar-refractivity contribution in [3.8, 4) is 11.8 Å². The van der Waals surface area contributed by atoms with Gasteiger partial charge < -0.3 is 10.1 Å². The number of methoxy groups -OCH3 is 1. The van der Waals surface area contributed by atoms with Crippen LogP contribution in [-0.4, -0.2) is 30.5 Å². The molecule has 3 amide bonds. The Hall–Kier alpha value is -2.55. The van der Waals surface area contributed by atoms with Crippen molar-refractivity contribution in [3.05, 3.63) is 29.3 Å². The molecule has 0 radical (unpaired) electrons. The van der Waals surface area contributed by atoms with Crippen LogP contribution in [0.25, 0.3) is 0 Å². The standard InChI is InChI=1S/C16H19N3O3/c1-11-10-12(6-7-13(11)22-3)16(2)14(20)19(15(21)18-16)9-5-4-8-17/h6-7,10H,4-5,9H2,1-3H3,(H,18,21). The molecule has 1 atom stereocenters. The summed E-state index contributed by atoms with van der Waals surface area (Å²) in [6.45, 7) is 3.83. The smallest absolute Gasteiger partial charge is 0.325 e. The Kier molecular flexibility index (Phi) is 4.36. The van der Waals surface area contributed by atoms with Gasteiger partial charge in [-0.05, 0) is 43.5 Å². The van der Waals surface area contributed by atoms with Crippen LogP contribution in [0.2, 0.25) is 0 Å². The number of amides is 3. The third-order valence-electron chi connectivity index (χ3n) is 3.92. The molecule has 1 fully saturated rings. The Morgan fingerprint density at radius 2 is 2.14 bits per heavy atom. The number of urea groups is 1. The zero-order valence-electron chi connectivity index (χ0n) is 13.0. The predicted octanol–water partition coefficient (Wildman–Crippen LogP) is 2.07. The van der Waals surface area contributed by atoms with Crippen LogP contribution in [0.5, 0.6) is 5.75 Å². The lowest BCUT2D eigenvalue weighted by Crippen LogP contribution is -2.41. The molecular weight excluding hydrogens is 282 g/mol. The fourth-order valence-corrected chi connectivity index (χ4v) is 2.60. The number of hydrogen-bond donors (Lipinski definition) is 1. The number of benzene rings is 1. The second-order valence-electron chi connectivity index (χ2n) is 5.46. The highest BCUT2D eigenvalue weighted by Gasteiger charge is 2.48. The molecule has 1 heterocycles. The average Bonchev–Trinajstić information content (AvgIpc) is 2.71. The summed E-state index contributed by atoms with van der Waals surface area (Å²) in [7, 11) is 1.59. The second-order valence-corrected chi connectivity index (χ2v) is 5.46. The third-order valence-corrected chi connectivity index (χ3v) is 3.92. The zero-order valence-corrected chi connectivity index (χ0v) is 13.0. The van der Waals surface area contributed by atoms with E-state index in [1.165, 1.54) is 4.90 Å².